The molecule has 1 aromatic heterocycles. The minimum Gasteiger partial charge on any atom is -0.513 e. The molecule has 2 aromatic carbocycles. The normalized spacial score (nSPS) is 17.0. The lowest BCUT2D eigenvalue weighted by molar-refractivity contribution is 0.0258. The Morgan fingerprint density at radius 3 is 2.60 bits per heavy atom. The zero-order valence-electron chi connectivity index (χ0n) is 25.6. The lowest BCUT2D eigenvalue weighted by Crippen LogP contribution is -2.38. The van der Waals surface area contributed by atoms with Crippen LogP contribution in [0.4, 0.5) is 10.6 Å². The highest BCUT2D eigenvalue weighted by Gasteiger charge is 2.27. The molecule has 42 heavy (non-hydrogen) atoms. The highest BCUT2D eigenvalue weighted by Crippen LogP contribution is 2.34. The van der Waals surface area contributed by atoms with Gasteiger partial charge < -0.3 is 24.4 Å². The van der Waals surface area contributed by atoms with Gasteiger partial charge >= 0.3 is 6.09 Å². The maximum absolute atomic E-state index is 12.7. The van der Waals surface area contributed by atoms with Crippen molar-refractivity contribution in [3.05, 3.63) is 88.7 Å². The van der Waals surface area contributed by atoms with Gasteiger partial charge in [-0.25, -0.2) is 9.78 Å². The molecule has 1 fully saturated rings. The van der Waals surface area contributed by atoms with Gasteiger partial charge in [-0.05, 0) is 100 Å². The maximum atomic E-state index is 12.7. The number of fused-ring (bicyclic) bond motifs is 1. The third-order valence-electron chi connectivity index (χ3n) is 8.25. The number of aliphatic hydroxyl groups is 1. The number of carbonyl (C=O) groups excluding carboxylic acids is 1. The fourth-order valence-corrected chi connectivity index (χ4v) is 5.84. The van der Waals surface area contributed by atoms with Gasteiger partial charge in [-0.3, -0.25) is 0 Å². The predicted octanol–water partition coefficient (Wildman–Crippen LogP) is 7.18. The number of nitrogens with zero attached hydrogens (tertiary/aromatic N) is 3. The number of hydrogen-bond donors (Lipinski definition) is 1. The van der Waals surface area contributed by atoms with Crippen LogP contribution in [0.5, 0.6) is 5.75 Å². The molecule has 0 aliphatic carbocycles. The summed E-state index contributed by atoms with van der Waals surface area (Å²) in [4.78, 5) is 21.7. The van der Waals surface area contributed by atoms with Gasteiger partial charge in [-0.15, -0.1) is 0 Å². The molecule has 0 saturated carbocycles. The van der Waals surface area contributed by atoms with Crippen molar-refractivity contribution in [3.8, 4) is 17.0 Å². The van der Waals surface area contributed by atoms with E-state index in [9.17, 15) is 9.90 Å². The van der Waals surface area contributed by atoms with Crippen LogP contribution in [0.1, 0.15) is 55.0 Å². The zero-order chi connectivity index (χ0) is 30.0. The largest absolute Gasteiger partial charge is 0.513 e. The fourth-order valence-electron chi connectivity index (χ4n) is 5.84. The van der Waals surface area contributed by atoms with E-state index in [4.69, 9.17) is 14.5 Å². The molecule has 3 aromatic rings. The molecular weight excluding hydrogens is 526 g/mol. The van der Waals surface area contributed by atoms with Gasteiger partial charge in [0.2, 0.25) is 0 Å². The minimum absolute atomic E-state index is 0.0813. The van der Waals surface area contributed by atoms with E-state index in [1.165, 1.54) is 16.7 Å². The van der Waals surface area contributed by atoms with Gasteiger partial charge in [-0.2, -0.15) is 0 Å². The summed E-state index contributed by atoms with van der Waals surface area (Å²) in [6, 6.07) is 16.6. The highest BCUT2D eigenvalue weighted by atomic mass is 16.6. The zero-order valence-corrected chi connectivity index (χ0v) is 25.6. The van der Waals surface area contributed by atoms with Gasteiger partial charge in [-0.1, -0.05) is 36.4 Å². The van der Waals surface area contributed by atoms with Crippen LogP contribution >= 0.6 is 0 Å². The third-order valence-corrected chi connectivity index (χ3v) is 8.25. The van der Waals surface area contributed by atoms with Gasteiger partial charge in [0.1, 0.15) is 23.8 Å². The number of carbonyl (C=O) groups is 1. The van der Waals surface area contributed by atoms with Gasteiger partial charge in [0.25, 0.3) is 0 Å². The summed E-state index contributed by atoms with van der Waals surface area (Å²) in [5.74, 6) is 2.01. The van der Waals surface area contributed by atoms with Crippen molar-refractivity contribution in [1.82, 2.24) is 9.88 Å². The molecule has 0 spiro atoms. The molecular formula is C35H43N3O4. The number of hydrogen-bond acceptors (Lipinski definition) is 6. The molecule has 1 saturated heterocycles. The van der Waals surface area contributed by atoms with Crippen LogP contribution in [0, 0.1) is 19.8 Å². The van der Waals surface area contributed by atoms with Crippen LogP contribution in [0.25, 0.3) is 11.3 Å². The van der Waals surface area contributed by atoms with Crippen LogP contribution in [-0.4, -0.2) is 52.9 Å². The monoisotopic (exact) mass is 569 g/mol. The molecule has 0 bridgehead atoms. The molecule has 1 amide bonds. The Morgan fingerprint density at radius 1 is 1.07 bits per heavy atom. The Bertz CT molecular complexity index is 1480. The number of aromatic nitrogens is 1. The molecule has 222 valence electrons. The van der Waals surface area contributed by atoms with Gasteiger partial charge in [0.15, 0.2) is 0 Å². The molecule has 2 aliphatic rings. The van der Waals surface area contributed by atoms with Crippen molar-refractivity contribution in [2.45, 2.75) is 66.1 Å². The van der Waals surface area contributed by atoms with Crippen molar-refractivity contribution >= 4 is 11.9 Å². The fraction of sp³-hybridized carbons (Fsp3) is 0.429. The highest BCUT2D eigenvalue weighted by molar-refractivity contribution is 5.70. The number of benzene rings is 2. The van der Waals surface area contributed by atoms with Crippen molar-refractivity contribution in [3.63, 3.8) is 0 Å². The topological polar surface area (TPSA) is 75.1 Å². The van der Waals surface area contributed by atoms with E-state index in [1.54, 1.807) is 0 Å². The van der Waals surface area contributed by atoms with E-state index >= 15 is 0 Å². The number of amides is 1. The second-order valence-corrected chi connectivity index (χ2v) is 12.5. The Morgan fingerprint density at radius 2 is 1.86 bits per heavy atom. The first-order valence-corrected chi connectivity index (χ1v) is 14.9. The summed E-state index contributed by atoms with van der Waals surface area (Å²) in [7, 11) is 0. The van der Waals surface area contributed by atoms with Gasteiger partial charge in [0, 0.05) is 37.7 Å². The SMILES string of the molecule is C=C(O)[C@@H]1CCN(c2cccc(-c3cc(C)ccc3OCc3ccc4c(c3C)CCN(C(=O)OC(C)(C)C)CC4)n2)C1. The number of pyridine rings is 1. The molecule has 1 atom stereocenters. The summed E-state index contributed by atoms with van der Waals surface area (Å²) in [6.45, 7) is 17.0. The first-order valence-electron chi connectivity index (χ1n) is 14.9. The summed E-state index contributed by atoms with van der Waals surface area (Å²) >= 11 is 0. The number of ether oxygens (including phenoxy) is 2. The predicted molar refractivity (Wildman–Crippen MR) is 167 cm³/mol. The third kappa shape index (κ3) is 6.72. The Balaban J connectivity index is 1.32. The van der Waals surface area contributed by atoms with E-state index in [1.807, 2.05) is 49.9 Å². The summed E-state index contributed by atoms with van der Waals surface area (Å²) in [6.07, 6.45) is 2.23. The van der Waals surface area contributed by atoms with Crippen LogP contribution < -0.4 is 9.64 Å². The number of rotatable bonds is 6. The summed E-state index contributed by atoms with van der Waals surface area (Å²) in [5, 5.41) is 9.86. The summed E-state index contributed by atoms with van der Waals surface area (Å²) in [5.41, 5.74) is 7.40. The van der Waals surface area contributed by atoms with Crippen molar-refractivity contribution in [2.75, 3.05) is 31.1 Å². The van der Waals surface area contributed by atoms with Crippen LogP contribution in [-0.2, 0) is 24.2 Å². The van der Waals surface area contributed by atoms with Crippen molar-refractivity contribution < 1.29 is 19.4 Å². The smallest absolute Gasteiger partial charge is 0.410 e. The lowest BCUT2D eigenvalue weighted by Gasteiger charge is -2.26. The van der Waals surface area contributed by atoms with Gasteiger partial charge in [0.05, 0.1) is 11.5 Å². The van der Waals surface area contributed by atoms with Crippen LogP contribution in [0.15, 0.2) is 60.9 Å². The average Bonchev–Trinajstić information content (AvgIpc) is 3.34. The second-order valence-electron chi connectivity index (χ2n) is 12.5. The molecule has 0 unspecified atom stereocenters. The maximum Gasteiger partial charge on any atom is 0.410 e. The van der Waals surface area contributed by atoms with E-state index < -0.39 is 5.60 Å². The first-order chi connectivity index (χ1) is 20.0. The molecule has 1 N–H and O–H groups in total. The number of aliphatic hydroxyl groups excluding tert-OH is 1. The van der Waals surface area contributed by atoms with E-state index in [0.717, 1.165) is 66.3 Å². The summed E-state index contributed by atoms with van der Waals surface area (Å²) < 4.78 is 12.1. The molecule has 5 rings (SSSR count). The van der Waals surface area contributed by atoms with Crippen molar-refractivity contribution in [2.24, 2.45) is 5.92 Å². The first kappa shape index (κ1) is 29.5. The van der Waals surface area contributed by atoms with E-state index in [0.29, 0.717) is 19.7 Å². The Kier molecular flexibility index (Phi) is 8.48. The minimum atomic E-state index is -0.505. The van der Waals surface area contributed by atoms with Crippen molar-refractivity contribution in [1.29, 1.82) is 0 Å². The molecule has 0 radical (unpaired) electrons. The average molecular weight is 570 g/mol. The number of anilines is 1. The molecule has 2 aliphatic heterocycles. The lowest BCUT2D eigenvalue weighted by atomic mass is 9.94. The van der Waals surface area contributed by atoms with E-state index in [-0.39, 0.29) is 17.8 Å². The van der Waals surface area contributed by atoms with Crippen LogP contribution in [0.3, 0.4) is 0 Å². The Labute approximate surface area is 249 Å². The molecule has 7 nitrogen and oxygen atoms in total. The molecule has 7 heteroatoms. The second kappa shape index (κ2) is 12.1. The quantitative estimate of drug-likeness (QED) is 0.317. The molecule has 3 heterocycles. The number of aryl methyl sites for hydroxylation is 1. The standard InChI is InChI=1S/C35H43N3O4/c1-23-10-13-32(30(20-23)31-8-7-9-33(36-31)38-18-15-27(21-38)25(3)39)41-22-28-12-11-26-14-17-37(19-16-29(26)24(28)2)34(40)42-35(4,5)6/h7-13,20,27,39H,3,14-19,21-22H2,1-2,4-6H3/t27-/m1/s1. The Hall–Kier alpha value is -4.00. The van der Waals surface area contributed by atoms with E-state index in [2.05, 4.69) is 49.6 Å². The van der Waals surface area contributed by atoms with Crippen LogP contribution in [0.2, 0.25) is 0 Å².